The molecule has 2 aromatic carbocycles. The standard InChI is InChI=1S/C20H24O4/c1-15-19(23-12-16-8-4-2-5-9-16)20(18(21)14-22-15)24-13-17-10-6-3-7-11-17/h2-11,15,18-21H,12-14H2,1H3/t15-,18+,19?,20?/m0/s1. The Morgan fingerprint density at radius 1 is 0.875 bits per heavy atom. The van der Waals surface area contributed by atoms with Gasteiger partial charge in [-0.1, -0.05) is 60.7 Å². The predicted molar refractivity (Wildman–Crippen MR) is 91.5 cm³/mol. The number of hydrogen-bond donors (Lipinski definition) is 1. The van der Waals surface area contributed by atoms with Crippen LogP contribution in [-0.2, 0) is 27.4 Å². The Labute approximate surface area is 143 Å². The summed E-state index contributed by atoms with van der Waals surface area (Å²) in [7, 11) is 0. The normalized spacial score (nSPS) is 27.1. The Bertz CT molecular complexity index is 546. The predicted octanol–water partition coefficient (Wildman–Crippen LogP) is 2.94. The first kappa shape index (κ1) is 17.1. The summed E-state index contributed by atoms with van der Waals surface area (Å²) in [5, 5.41) is 10.3. The van der Waals surface area contributed by atoms with Gasteiger partial charge in [-0.15, -0.1) is 0 Å². The van der Waals surface area contributed by atoms with E-state index in [1.165, 1.54) is 0 Å². The van der Waals surface area contributed by atoms with Gasteiger partial charge in [-0.05, 0) is 18.1 Å². The van der Waals surface area contributed by atoms with E-state index < -0.39 is 12.2 Å². The van der Waals surface area contributed by atoms with Crippen LogP contribution in [0.5, 0.6) is 0 Å². The summed E-state index contributed by atoms with van der Waals surface area (Å²) in [5.74, 6) is 0. The Morgan fingerprint density at radius 3 is 1.92 bits per heavy atom. The van der Waals surface area contributed by atoms with E-state index in [1.807, 2.05) is 67.6 Å². The molecule has 0 amide bonds. The summed E-state index contributed by atoms with van der Waals surface area (Å²) < 4.78 is 17.7. The van der Waals surface area contributed by atoms with Crippen molar-refractivity contribution in [3.8, 4) is 0 Å². The molecule has 128 valence electrons. The smallest absolute Gasteiger partial charge is 0.115 e. The van der Waals surface area contributed by atoms with Gasteiger partial charge in [0, 0.05) is 0 Å². The summed E-state index contributed by atoms with van der Waals surface area (Å²) in [5.41, 5.74) is 2.16. The van der Waals surface area contributed by atoms with Crippen LogP contribution >= 0.6 is 0 Å². The molecule has 0 aromatic heterocycles. The van der Waals surface area contributed by atoms with E-state index in [-0.39, 0.29) is 18.8 Å². The third-order valence-electron chi connectivity index (χ3n) is 4.27. The molecule has 0 aliphatic carbocycles. The summed E-state index contributed by atoms with van der Waals surface area (Å²) in [6.07, 6.45) is -1.53. The highest BCUT2D eigenvalue weighted by Crippen LogP contribution is 2.23. The molecule has 24 heavy (non-hydrogen) atoms. The SMILES string of the molecule is C[C@@H]1OC[C@@H](O)C(OCc2ccccc2)C1OCc1ccccc1. The van der Waals surface area contributed by atoms with Crippen molar-refractivity contribution in [2.75, 3.05) is 6.61 Å². The molecule has 1 heterocycles. The van der Waals surface area contributed by atoms with Crippen molar-refractivity contribution in [1.82, 2.24) is 0 Å². The van der Waals surface area contributed by atoms with Gasteiger partial charge in [0.2, 0.25) is 0 Å². The quantitative estimate of drug-likeness (QED) is 0.886. The van der Waals surface area contributed by atoms with Gasteiger partial charge in [0.25, 0.3) is 0 Å². The average Bonchev–Trinajstić information content (AvgIpc) is 2.63. The number of aliphatic hydroxyl groups is 1. The minimum Gasteiger partial charge on any atom is -0.388 e. The van der Waals surface area contributed by atoms with Crippen LogP contribution in [-0.4, -0.2) is 36.1 Å². The van der Waals surface area contributed by atoms with Crippen LogP contribution in [0.1, 0.15) is 18.1 Å². The zero-order valence-corrected chi connectivity index (χ0v) is 13.9. The second-order valence-corrected chi connectivity index (χ2v) is 6.13. The Hall–Kier alpha value is -1.72. The molecule has 4 heteroatoms. The molecule has 0 saturated carbocycles. The Morgan fingerprint density at radius 2 is 1.38 bits per heavy atom. The van der Waals surface area contributed by atoms with E-state index in [9.17, 15) is 5.11 Å². The van der Waals surface area contributed by atoms with Gasteiger partial charge in [-0.3, -0.25) is 0 Å². The molecule has 1 fully saturated rings. The molecule has 0 radical (unpaired) electrons. The first-order chi connectivity index (χ1) is 11.7. The van der Waals surface area contributed by atoms with Crippen molar-refractivity contribution >= 4 is 0 Å². The molecule has 0 spiro atoms. The number of ether oxygens (including phenoxy) is 3. The molecule has 4 nitrogen and oxygen atoms in total. The molecule has 1 N–H and O–H groups in total. The summed E-state index contributed by atoms with van der Waals surface area (Å²) in [6, 6.07) is 19.9. The maximum absolute atomic E-state index is 10.3. The van der Waals surface area contributed by atoms with Crippen molar-refractivity contribution in [3.05, 3.63) is 71.8 Å². The topological polar surface area (TPSA) is 47.9 Å². The van der Waals surface area contributed by atoms with E-state index in [4.69, 9.17) is 14.2 Å². The average molecular weight is 328 g/mol. The molecular weight excluding hydrogens is 304 g/mol. The first-order valence-corrected chi connectivity index (χ1v) is 8.35. The van der Waals surface area contributed by atoms with Crippen molar-refractivity contribution in [2.24, 2.45) is 0 Å². The van der Waals surface area contributed by atoms with Crippen LogP contribution in [0.25, 0.3) is 0 Å². The maximum atomic E-state index is 10.3. The van der Waals surface area contributed by atoms with Gasteiger partial charge < -0.3 is 19.3 Å². The molecular formula is C20H24O4. The number of aliphatic hydroxyl groups excluding tert-OH is 1. The van der Waals surface area contributed by atoms with E-state index in [1.54, 1.807) is 0 Å². The molecule has 4 atom stereocenters. The Kier molecular flexibility index (Phi) is 5.99. The van der Waals surface area contributed by atoms with Crippen molar-refractivity contribution in [1.29, 1.82) is 0 Å². The van der Waals surface area contributed by atoms with E-state index in [2.05, 4.69) is 0 Å². The molecule has 1 aliphatic heterocycles. The fraction of sp³-hybridized carbons (Fsp3) is 0.400. The van der Waals surface area contributed by atoms with Crippen LogP contribution in [0.3, 0.4) is 0 Å². The zero-order chi connectivity index (χ0) is 16.8. The molecule has 2 unspecified atom stereocenters. The van der Waals surface area contributed by atoms with Crippen molar-refractivity contribution in [2.45, 2.75) is 44.6 Å². The maximum Gasteiger partial charge on any atom is 0.115 e. The van der Waals surface area contributed by atoms with Gasteiger partial charge in [-0.25, -0.2) is 0 Å². The second kappa shape index (κ2) is 8.40. The van der Waals surface area contributed by atoms with E-state index in [0.717, 1.165) is 11.1 Å². The van der Waals surface area contributed by atoms with Gasteiger partial charge >= 0.3 is 0 Å². The number of rotatable bonds is 6. The van der Waals surface area contributed by atoms with E-state index >= 15 is 0 Å². The minimum atomic E-state index is -0.689. The molecule has 1 aliphatic rings. The second-order valence-electron chi connectivity index (χ2n) is 6.13. The molecule has 3 rings (SSSR count). The Balaban J connectivity index is 1.63. The molecule has 1 saturated heterocycles. The summed E-state index contributed by atoms with van der Waals surface area (Å²) in [6.45, 7) is 3.14. The number of hydrogen-bond acceptors (Lipinski definition) is 4. The van der Waals surface area contributed by atoms with Crippen LogP contribution in [0.15, 0.2) is 60.7 Å². The first-order valence-electron chi connectivity index (χ1n) is 8.35. The number of benzene rings is 2. The van der Waals surface area contributed by atoms with Crippen molar-refractivity contribution in [3.63, 3.8) is 0 Å². The summed E-state index contributed by atoms with van der Waals surface area (Å²) >= 11 is 0. The van der Waals surface area contributed by atoms with Crippen LogP contribution < -0.4 is 0 Å². The lowest BCUT2D eigenvalue weighted by molar-refractivity contribution is -0.221. The van der Waals surface area contributed by atoms with Gasteiger partial charge in [0.1, 0.15) is 18.3 Å². The lowest BCUT2D eigenvalue weighted by Gasteiger charge is -2.39. The van der Waals surface area contributed by atoms with Crippen LogP contribution in [0.2, 0.25) is 0 Å². The summed E-state index contributed by atoms with van der Waals surface area (Å²) in [4.78, 5) is 0. The zero-order valence-electron chi connectivity index (χ0n) is 13.9. The third-order valence-corrected chi connectivity index (χ3v) is 4.27. The van der Waals surface area contributed by atoms with Gasteiger partial charge in [0.05, 0.1) is 25.9 Å². The van der Waals surface area contributed by atoms with Crippen LogP contribution in [0.4, 0.5) is 0 Å². The van der Waals surface area contributed by atoms with Crippen LogP contribution in [0, 0.1) is 0 Å². The highest BCUT2D eigenvalue weighted by molar-refractivity contribution is 5.14. The van der Waals surface area contributed by atoms with Crippen molar-refractivity contribution < 1.29 is 19.3 Å². The van der Waals surface area contributed by atoms with Gasteiger partial charge in [-0.2, -0.15) is 0 Å². The minimum absolute atomic E-state index is 0.127. The monoisotopic (exact) mass is 328 g/mol. The van der Waals surface area contributed by atoms with E-state index in [0.29, 0.717) is 13.2 Å². The van der Waals surface area contributed by atoms with Gasteiger partial charge in [0.15, 0.2) is 0 Å². The largest absolute Gasteiger partial charge is 0.388 e. The third kappa shape index (κ3) is 4.42. The fourth-order valence-electron chi connectivity index (χ4n) is 2.90. The molecule has 2 aromatic rings. The fourth-order valence-corrected chi connectivity index (χ4v) is 2.90. The molecule has 0 bridgehead atoms. The lowest BCUT2D eigenvalue weighted by Crippen LogP contribution is -2.54. The lowest BCUT2D eigenvalue weighted by atomic mass is 10.0. The highest BCUT2D eigenvalue weighted by Gasteiger charge is 2.39. The highest BCUT2D eigenvalue weighted by atomic mass is 16.6.